The van der Waals surface area contributed by atoms with Crippen molar-refractivity contribution >= 4 is 11.9 Å². The van der Waals surface area contributed by atoms with E-state index in [0.29, 0.717) is 13.2 Å². The number of guanidine groups is 2. The van der Waals surface area contributed by atoms with Crippen molar-refractivity contribution in [2.75, 3.05) is 13.2 Å². The van der Waals surface area contributed by atoms with Crippen molar-refractivity contribution in [3.8, 4) is 0 Å². The minimum absolute atomic E-state index is 0.130. The molecule has 7 heteroatoms. The Morgan fingerprint density at radius 2 is 1.73 bits per heavy atom. The van der Waals surface area contributed by atoms with Gasteiger partial charge in [-0.05, 0) is 12.8 Å². The first-order valence-corrected chi connectivity index (χ1v) is 4.94. The van der Waals surface area contributed by atoms with Crippen molar-refractivity contribution in [1.82, 2.24) is 5.32 Å². The number of nitrogens with one attached hydrogen (secondary N) is 1. The first-order valence-electron chi connectivity index (χ1n) is 4.94. The Morgan fingerprint density at radius 3 is 2.27 bits per heavy atom. The molecule has 0 saturated carbocycles. The molecule has 0 bridgehead atoms. The monoisotopic (exact) mass is 212 g/mol. The predicted molar refractivity (Wildman–Crippen MR) is 56.8 cm³/mol. The molecule has 1 saturated heterocycles. The molecule has 0 aliphatic carbocycles. The van der Waals surface area contributed by atoms with Gasteiger partial charge in [0.2, 0.25) is 5.79 Å². The van der Waals surface area contributed by atoms with E-state index in [9.17, 15) is 0 Å². The van der Waals surface area contributed by atoms with Gasteiger partial charge < -0.3 is 16.2 Å². The van der Waals surface area contributed by atoms with E-state index in [0.717, 1.165) is 12.8 Å². The highest BCUT2D eigenvalue weighted by Crippen LogP contribution is 2.28. The maximum absolute atomic E-state index is 6.08. The molecule has 0 unspecified atom stereocenters. The first kappa shape index (κ1) is 10.2. The molecule has 15 heavy (non-hydrogen) atoms. The minimum atomic E-state index is -1.02. The maximum atomic E-state index is 6.08. The fourth-order valence-electron chi connectivity index (χ4n) is 1.90. The molecule has 2 aliphatic heterocycles. The standard InChI is InChI=1S/C8H16N6O/c9-6-12-7(10)14-8(11,13-6)5-1-3-15-4-2-5/h5H,1-4,11H2,(H5,9,10,12,13,14). The summed E-state index contributed by atoms with van der Waals surface area (Å²) in [7, 11) is 0. The lowest BCUT2D eigenvalue weighted by Crippen LogP contribution is -2.56. The fraction of sp³-hybridized carbons (Fsp3) is 0.750. The third kappa shape index (κ3) is 2.02. The molecule has 0 aromatic carbocycles. The number of rotatable bonds is 1. The predicted octanol–water partition coefficient (Wildman–Crippen LogP) is -1.74. The van der Waals surface area contributed by atoms with Gasteiger partial charge in [-0.1, -0.05) is 0 Å². The van der Waals surface area contributed by atoms with Crippen LogP contribution < -0.4 is 22.5 Å². The topological polar surface area (TPSA) is 124 Å². The zero-order valence-electron chi connectivity index (χ0n) is 8.44. The number of hydrogen-bond donors (Lipinski definition) is 4. The van der Waals surface area contributed by atoms with Crippen molar-refractivity contribution in [3.63, 3.8) is 0 Å². The summed E-state index contributed by atoms with van der Waals surface area (Å²) < 4.78 is 5.26. The SMILES string of the molecule is NC1=NC(N)(C2CCOCC2)N=C(N)N1. The minimum Gasteiger partial charge on any atom is -0.381 e. The van der Waals surface area contributed by atoms with E-state index in [1.165, 1.54) is 0 Å². The van der Waals surface area contributed by atoms with Gasteiger partial charge in [0.15, 0.2) is 11.9 Å². The van der Waals surface area contributed by atoms with Gasteiger partial charge in [0.05, 0.1) is 0 Å². The van der Waals surface area contributed by atoms with Crippen LogP contribution in [0.2, 0.25) is 0 Å². The van der Waals surface area contributed by atoms with E-state index in [2.05, 4.69) is 15.3 Å². The normalized spacial score (nSPS) is 26.5. The second-order valence-corrected chi connectivity index (χ2v) is 3.79. The smallest absolute Gasteiger partial charge is 0.212 e. The molecule has 7 nitrogen and oxygen atoms in total. The van der Waals surface area contributed by atoms with Crippen molar-refractivity contribution < 1.29 is 4.74 Å². The lowest BCUT2D eigenvalue weighted by Gasteiger charge is -2.35. The van der Waals surface area contributed by atoms with Crippen molar-refractivity contribution in [2.24, 2.45) is 33.1 Å². The molecule has 0 aromatic heterocycles. The molecule has 1 fully saturated rings. The molecular weight excluding hydrogens is 196 g/mol. The summed E-state index contributed by atoms with van der Waals surface area (Å²) in [5, 5.41) is 2.62. The van der Waals surface area contributed by atoms with Crippen LogP contribution >= 0.6 is 0 Å². The van der Waals surface area contributed by atoms with Crippen LogP contribution in [-0.2, 0) is 4.74 Å². The van der Waals surface area contributed by atoms with Gasteiger partial charge in [0.25, 0.3) is 0 Å². The van der Waals surface area contributed by atoms with Crippen LogP contribution in [0.3, 0.4) is 0 Å². The van der Waals surface area contributed by atoms with Gasteiger partial charge in [-0.3, -0.25) is 11.1 Å². The summed E-state index contributed by atoms with van der Waals surface area (Å²) in [6.07, 6.45) is 1.65. The van der Waals surface area contributed by atoms with E-state index in [1.54, 1.807) is 0 Å². The highest BCUT2D eigenvalue weighted by atomic mass is 16.5. The Kier molecular flexibility index (Phi) is 2.49. The number of nitrogens with two attached hydrogens (primary N) is 3. The molecule has 84 valence electrons. The van der Waals surface area contributed by atoms with Crippen LogP contribution in [0.5, 0.6) is 0 Å². The van der Waals surface area contributed by atoms with Crippen LogP contribution in [0.15, 0.2) is 9.98 Å². The highest BCUT2D eigenvalue weighted by Gasteiger charge is 2.38. The molecule has 0 amide bonds. The number of hydrogen-bond acceptors (Lipinski definition) is 7. The summed E-state index contributed by atoms with van der Waals surface area (Å²) in [6, 6.07) is 0. The van der Waals surface area contributed by atoms with Crippen molar-refractivity contribution in [1.29, 1.82) is 0 Å². The summed E-state index contributed by atoms with van der Waals surface area (Å²) in [5.74, 6) is -0.457. The van der Waals surface area contributed by atoms with Gasteiger partial charge in [0, 0.05) is 19.1 Å². The molecule has 0 radical (unpaired) electrons. The first-order chi connectivity index (χ1) is 7.10. The van der Waals surface area contributed by atoms with Gasteiger partial charge in [-0.2, -0.15) is 0 Å². The summed E-state index contributed by atoms with van der Waals surface area (Å²) in [5.41, 5.74) is 17.2. The van der Waals surface area contributed by atoms with E-state index in [-0.39, 0.29) is 17.8 Å². The second kappa shape index (κ2) is 3.67. The summed E-state index contributed by atoms with van der Waals surface area (Å²) in [4.78, 5) is 8.25. The average Bonchev–Trinajstić information content (AvgIpc) is 2.17. The quantitative estimate of drug-likeness (QED) is 0.410. The highest BCUT2D eigenvalue weighted by molar-refractivity contribution is 5.98. The van der Waals surface area contributed by atoms with Crippen LogP contribution in [-0.4, -0.2) is 30.9 Å². The number of nitrogens with zero attached hydrogens (tertiary/aromatic N) is 2. The van der Waals surface area contributed by atoms with Crippen molar-refractivity contribution in [2.45, 2.75) is 18.6 Å². The van der Waals surface area contributed by atoms with Crippen molar-refractivity contribution in [3.05, 3.63) is 0 Å². The Hall–Kier alpha value is -1.34. The molecule has 7 N–H and O–H groups in total. The Morgan fingerprint density at radius 1 is 1.20 bits per heavy atom. The van der Waals surface area contributed by atoms with Gasteiger partial charge in [-0.15, -0.1) is 0 Å². The zero-order chi connectivity index (χ0) is 10.9. The maximum Gasteiger partial charge on any atom is 0.212 e. The lowest BCUT2D eigenvalue weighted by atomic mass is 9.93. The lowest BCUT2D eigenvalue weighted by molar-refractivity contribution is 0.0412. The van der Waals surface area contributed by atoms with Crippen LogP contribution in [0.1, 0.15) is 12.8 Å². The number of ether oxygens (including phenoxy) is 1. The Balaban J connectivity index is 2.19. The summed E-state index contributed by atoms with van der Waals surface area (Å²) in [6.45, 7) is 1.36. The Labute approximate surface area is 87.8 Å². The second-order valence-electron chi connectivity index (χ2n) is 3.79. The molecule has 0 spiro atoms. The summed E-state index contributed by atoms with van der Waals surface area (Å²) >= 11 is 0. The van der Waals surface area contributed by atoms with E-state index in [1.807, 2.05) is 0 Å². The van der Waals surface area contributed by atoms with Gasteiger partial charge >= 0.3 is 0 Å². The third-order valence-electron chi connectivity index (χ3n) is 2.68. The van der Waals surface area contributed by atoms with E-state index >= 15 is 0 Å². The van der Waals surface area contributed by atoms with E-state index < -0.39 is 5.79 Å². The third-order valence-corrected chi connectivity index (χ3v) is 2.68. The van der Waals surface area contributed by atoms with Gasteiger partial charge in [-0.25, -0.2) is 9.98 Å². The Bertz CT molecular complexity index is 288. The number of aliphatic imine (C=N–C) groups is 2. The zero-order valence-corrected chi connectivity index (χ0v) is 8.44. The average molecular weight is 212 g/mol. The molecule has 0 aromatic rings. The molecule has 2 aliphatic rings. The molecule has 0 atom stereocenters. The van der Waals surface area contributed by atoms with Crippen LogP contribution in [0, 0.1) is 5.92 Å². The van der Waals surface area contributed by atoms with Crippen LogP contribution in [0.4, 0.5) is 0 Å². The molecular formula is C8H16N6O. The van der Waals surface area contributed by atoms with E-state index in [4.69, 9.17) is 21.9 Å². The largest absolute Gasteiger partial charge is 0.381 e. The molecule has 2 heterocycles. The van der Waals surface area contributed by atoms with Crippen LogP contribution in [0.25, 0.3) is 0 Å². The molecule has 2 rings (SSSR count). The fourth-order valence-corrected chi connectivity index (χ4v) is 1.90. The van der Waals surface area contributed by atoms with Gasteiger partial charge in [0.1, 0.15) is 0 Å².